The van der Waals surface area contributed by atoms with Crippen LogP contribution in [0.5, 0.6) is 0 Å². The van der Waals surface area contributed by atoms with Crippen molar-refractivity contribution in [2.45, 2.75) is 25.1 Å². The first-order chi connectivity index (χ1) is 11.9. The van der Waals surface area contributed by atoms with Crippen LogP contribution >= 0.6 is 11.6 Å². The zero-order valence-corrected chi connectivity index (χ0v) is 15.2. The Bertz CT molecular complexity index is 875. The van der Waals surface area contributed by atoms with Crippen molar-refractivity contribution in [3.8, 4) is 0 Å². The standard InChI is InChI=1S/C16H18ClN3O4S/c1-2-13-7-14(24-19-13)8-18-25(22,23)15-9-20(10-15)16(21)11-4-3-5-12(17)6-11/h3-7,15,18H,2,8-10H2,1H3. The van der Waals surface area contributed by atoms with Crippen molar-refractivity contribution >= 4 is 27.5 Å². The Labute approximate surface area is 151 Å². The lowest BCUT2D eigenvalue weighted by atomic mass is 10.1. The van der Waals surface area contributed by atoms with Crippen LogP contribution in [-0.2, 0) is 23.0 Å². The third kappa shape index (κ3) is 4.02. The highest BCUT2D eigenvalue weighted by molar-refractivity contribution is 7.90. The van der Waals surface area contributed by atoms with Crippen molar-refractivity contribution in [1.82, 2.24) is 14.8 Å². The first-order valence-electron chi connectivity index (χ1n) is 7.87. The lowest BCUT2D eigenvalue weighted by Crippen LogP contribution is -2.59. The van der Waals surface area contributed by atoms with Gasteiger partial charge in [-0.15, -0.1) is 0 Å². The maximum absolute atomic E-state index is 12.3. The van der Waals surface area contributed by atoms with Gasteiger partial charge in [0.05, 0.1) is 12.2 Å². The van der Waals surface area contributed by atoms with Crippen LogP contribution in [0.3, 0.4) is 0 Å². The van der Waals surface area contributed by atoms with Gasteiger partial charge in [0.2, 0.25) is 10.0 Å². The Morgan fingerprint density at radius 1 is 1.40 bits per heavy atom. The topological polar surface area (TPSA) is 92.5 Å². The van der Waals surface area contributed by atoms with Crippen molar-refractivity contribution < 1.29 is 17.7 Å². The molecule has 3 rings (SSSR count). The average Bonchev–Trinajstić information content (AvgIpc) is 2.99. The lowest BCUT2D eigenvalue weighted by molar-refractivity contribution is 0.0658. The normalized spacial score (nSPS) is 15.2. The summed E-state index contributed by atoms with van der Waals surface area (Å²) in [4.78, 5) is 13.8. The molecule has 1 aromatic heterocycles. The zero-order valence-electron chi connectivity index (χ0n) is 13.6. The van der Waals surface area contributed by atoms with Gasteiger partial charge in [-0.1, -0.05) is 29.7 Å². The smallest absolute Gasteiger partial charge is 0.253 e. The maximum atomic E-state index is 12.3. The van der Waals surface area contributed by atoms with E-state index in [2.05, 4.69) is 9.88 Å². The van der Waals surface area contributed by atoms with Gasteiger partial charge in [-0.25, -0.2) is 13.1 Å². The quantitative estimate of drug-likeness (QED) is 0.821. The van der Waals surface area contributed by atoms with Gasteiger partial charge in [0.25, 0.3) is 5.91 Å². The number of carbonyl (C=O) groups excluding carboxylic acids is 1. The van der Waals surface area contributed by atoms with Gasteiger partial charge in [0.15, 0.2) is 5.76 Å². The van der Waals surface area contributed by atoms with E-state index in [1.54, 1.807) is 30.3 Å². The van der Waals surface area contributed by atoms with Crippen molar-refractivity contribution in [2.24, 2.45) is 0 Å². The lowest BCUT2D eigenvalue weighted by Gasteiger charge is -2.38. The fourth-order valence-corrected chi connectivity index (χ4v) is 4.02. The molecule has 1 aliphatic heterocycles. The molecule has 25 heavy (non-hydrogen) atoms. The molecule has 134 valence electrons. The van der Waals surface area contributed by atoms with Crippen LogP contribution < -0.4 is 4.72 Å². The summed E-state index contributed by atoms with van der Waals surface area (Å²) in [5.74, 6) is 0.239. The molecule has 0 saturated carbocycles. The first-order valence-corrected chi connectivity index (χ1v) is 9.79. The highest BCUT2D eigenvalue weighted by atomic mass is 35.5. The average molecular weight is 384 g/mol. The Balaban J connectivity index is 1.54. The van der Waals surface area contributed by atoms with Gasteiger partial charge in [-0.3, -0.25) is 4.79 Å². The molecule has 0 spiro atoms. The molecule has 0 atom stereocenters. The fourth-order valence-electron chi connectivity index (χ4n) is 2.50. The van der Waals surface area contributed by atoms with Crippen molar-refractivity contribution in [3.05, 3.63) is 52.4 Å². The highest BCUT2D eigenvalue weighted by Gasteiger charge is 2.40. The van der Waals surface area contributed by atoms with E-state index in [4.69, 9.17) is 16.1 Å². The first kappa shape index (κ1) is 17.9. The number of hydrogen-bond donors (Lipinski definition) is 1. The molecular weight excluding hydrogens is 366 g/mol. The van der Waals surface area contributed by atoms with Crippen LogP contribution in [0.1, 0.15) is 28.7 Å². The Hall–Kier alpha value is -1.90. The van der Waals surface area contributed by atoms with Gasteiger partial charge < -0.3 is 9.42 Å². The molecule has 9 heteroatoms. The number of likely N-dealkylation sites (tertiary alicyclic amines) is 1. The van der Waals surface area contributed by atoms with Crippen molar-refractivity contribution in [1.29, 1.82) is 0 Å². The predicted octanol–water partition coefficient (Wildman–Crippen LogP) is 1.83. The van der Waals surface area contributed by atoms with E-state index in [9.17, 15) is 13.2 Å². The summed E-state index contributed by atoms with van der Waals surface area (Å²) in [6.07, 6.45) is 0.722. The van der Waals surface area contributed by atoms with Crippen LogP contribution in [-0.4, -0.2) is 42.7 Å². The molecule has 2 aromatic rings. The summed E-state index contributed by atoms with van der Waals surface area (Å²) in [6, 6.07) is 8.31. The van der Waals surface area contributed by atoms with Crippen molar-refractivity contribution in [3.63, 3.8) is 0 Å². The summed E-state index contributed by atoms with van der Waals surface area (Å²) in [7, 11) is -3.53. The van der Waals surface area contributed by atoms with E-state index in [1.807, 2.05) is 6.92 Å². The number of hydrogen-bond acceptors (Lipinski definition) is 5. The van der Waals surface area contributed by atoms with Gasteiger partial charge in [-0.05, 0) is 24.6 Å². The molecule has 1 N–H and O–H groups in total. The Kier molecular flexibility index (Phi) is 5.12. The number of nitrogens with zero attached hydrogens (tertiary/aromatic N) is 2. The monoisotopic (exact) mass is 383 g/mol. The number of nitrogens with one attached hydrogen (secondary N) is 1. The van der Waals surface area contributed by atoms with Crippen LogP contribution in [0, 0.1) is 0 Å². The molecule has 0 unspecified atom stereocenters. The minimum Gasteiger partial charge on any atom is -0.360 e. The van der Waals surface area contributed by atoms with Crippen LogP contribution in [0.4, 0.5) is 0 Å². The van der Waals surface area contributed by atoms with E-state index >= 15 is 0 Å². The fraction of sp³-hybridized carbons (Fsp3) is 0.375. The number of rotatable bonds is 6. The maximum Gasteiger partial charge on any atom is 0.253 e. The molecule has 0 bridgehead atoms. The van der Waals surface area contributed by atoms with Gasteiger partial charge in [0, 0.05) is 29.7 Å². The second kappa shape index (κ2) is 7.15. The molecule has 1 fully saturated rings. The third-order valence-electron chi connectivity index (χ3n) is 4.06. The van der Waals surface area contributed by atoms with E-state index in [0.717, 1.165) is 12.1 Å². The van der Waals surface area contributed by atoms with Crippen LogP contribution in [0.2, 0.25) is 5.02 Å². The molecule has 7 nitrogen and oxygen atoms in total. The van der Waals surface area contributed by atoms with Crippen molar-refractivity contribution in [2.75, 3.05) is 13.1 Å². The molecule has 1 saturated heterocycles. The van der Waals surface area contributed by atoms with E-state index < -0.39 is 15.3 Å². The summed E-state index contributed by atoms with van der Waals surface area (Å²) >= 11 is 5.88. The highest BCUT2D eigenvalue weighted by Crippen LogP contribution is 2.20. The number of carbonyl (C=O) groups is 1. The minimum absolute atomic E-state index is 0.0497. The minimum atomic E-state index is -3.53. The zero-order chi connectivity index (χ0) is 18.0. The summed E-state index contributed by atoms with van der Waals surface area (Å²) in [5, 5.41) is 3.65. The number of aryl methyl sites for hydroxylation is 1. The summed E-state index contributed by atoms with van der Waals surface area (Å²) in [5.41, 5.74) is 1.22. The molecular formula is C16H18ClN3O4S. The molecule has 1 aromatic carbocycles. The summed E-state index contributed by atoms with van der Waals surface area (Å²) in [6.45, 7) is 2.29. The van der Waals surface area contributed by atoms with E-state index in [-0.39, 0.29) is 25.5 Å². The Morgan fingerprint density at radius 3 is 2.80 bits per heavy atom. The summed E-state index contributed by atoms with van der Waals surface area (Å²) < 4.78 is 32.1. The van der Waals surface area contributed by atoms with E-state index in [0.29, 0.717) is 16.3 Å². The van der Waals surface area contributed by atoms with E-state index in [1.165, 1.54) is 4.90 Å². The molecule has 1 aliphatic rings. The van der Waals surface area contributed by atoms with Crippen LogP contribution in [0.15, 0.2) is 34.9 Å². The van der Waals surface area contributed by atoms with Gasteiger partial charge in [-0.2, -0.15) is 0 Å². The molecule has 1 amide bonds. The third-order valence-corrected chi connectivity index (χ3v) is 6.02. The largest absolute Gasteiger partial charge is 0.360 e. The number of benzene rings is 1. The molecule has 0 radical (unpaired) electrons. The number of halogens is 1. The molecule has 0 aliphatic carbocycles. The number of amides is 1. The van der Waals surface area contributed by atoms with Crippen LogP contribution in [0.25, 0.3) is 0 Å². The van der Waals surface area contributed by atoms with Gasteiger partial charge in [0.1, 0.15) is 5.25 Å². The SMILES string of the molecule is CCc1cc(CNS(=O)(=O)C2CN(C(=O)c3cccc(Cl)c3)C2)on1. The van der Waals surface area contributed by atoms with Gasteiger partial charge >= 0.3 is 0 Å². The second-order valence-corrected chi connectivity index (χ2v) is 8.33. The second-order valence-electron chi connectivity index (χ2n) is 5.85. The number of aromatic nitrogens is 1. The molecule has 2 heterocycles. The predicted molar refractivity (Wildman–Crippen MR) is 92.8 cm³/mol. The number of sulfonamides is 1. The Morgan fingerprint density at radius 2 is 2.16 bits per heavy atom.